The van der Waals surface area contributed by atoms with E-state index in [-0.39, 0.29) is 29.4 Å². The third-order valence-corrected chi connectivity index (χ3v) is 6.01. The molecular weight excluding hydrogens is 450 g/mol. The number of morpholine rings is 1. The van der Waals surface area contributed by atoms with E-state index in [0.717, 1.165) is 19.4 Å². The molecule has 4 rings (SSSR count). The Hall–Kier alpha value is -3.80. The Morgan fingerprint density at radius 3 is 2.60 bits per heavy atom. The summed E-state index contributed by atoms with van der Waals surface area (Å²) in [5, 5.41) is 22.4. The molecule has 1 atom stereocenters. The number of hydrogen-bond acceptors (Lipinski definition) is 9. The van der Waals surface area contributed by atoms with Crippen LogP contribution in [-0.4, -0.2) is 83.2 Å². The van der Waals surface area contributed by atoms with Gasteiger partial charge in [0, 0.05) is 49.9 Å². The summed E-state index contributed by atoms with van der Waals surface area (Å²) >= 11 is 0. The lowest BCUT2D eigenvalue weighted by molar-refractivity contribution is -0.121. The van der Waals surface area contributed by atoms with Crippen LogP contribution in [0.15, 0.2) is 24.3 Å². The molecule has 2 fully saturated rings. The zero-order valence-electron chi connectivity index (χ0n) is 19.8. The number of rotatable bonds is 7. The van der Waals surface area contributed by atoms with Crippen LogP contribution < -0.4 is 21.3 Å². The second-order valence-corrected chi connectivity index (χ2v) is 8.54. The first kappa shape index (κ1) is 24.3. The van der Waals surface area contributed by atoms with Crippen molar-refractivity contribution in [3.05, 3.63) is 35.5 Å². The molecule has 0 spiro atoms. The van der Waals surface area contributed by atoms with Crippen molar-refractivity contribution in [1.29, 1.82) is 5.41 Å². The highest BCUT2D eigenvalue weighted by Gasteiger charge is 2.25. The van der Waals surface area contributed by atoms with Crippen LogP contribution in [0.3, 0.4) is 0 Å². The van der Waals surface area contributed by atoms with Gasteiger partial charge in [-0.25, -0.2) is 0 Å². The van der Waals surface area contributed by atoms with Gasteiger partial charge in [-0.15, -0.1) is 10.2 Å². The molecule has 1 aromatic heterocycles. The summed E-state index contributed by atoms with van der Waals surface area (Å²) in [6.45, 7) is 5.38. The highest BCUT2D eigenvalue weighted by molar-refractivity contribution is 5.98. The number of amides is 2. The number of aromatic nitrogens is 3. The van der Waals surface area contributed by atoms with E-state index in [0.29, 0.717) is 62.3 Å². The second-order valence-electron chi connectivity index (χ2n) is 8.54. The minimum Gasteiger partial charge on any atom is -0.382 e. The summed E-state index contributed by atoms with van der Waals surface area (Å²) in [5.74, 6) is 0.414. The van der Waals surface area contributed by atoms with Gasteiger partial charge in [0.15, 0.2) is 11.5 Å². The number of nitrogens with zero attached hydrogens (tertiary/aromatic N) is 5. The monoisotopic (exact) mass is 481 g/mol. The summed E-state index contributed by atoms with van der Waals surface area (Å²) in [6, 6.07) is 7.05. The summed E-state index contributed by atoms with van der Waals surface area (Å²) < 4.78 is 5.31. The molecule has 1 aromatic carbocycles. The molecule has 0 unspecified atom stereocenters. The van der Waals surface area contributed by atoms with Crippen LogP contribution >= 0.6 is 0 Å². The largest absolute Gasteiger partial charge is 0.382 e. The van der Waals surface area contributed by atoms with E-state index >= 15 is 0 Å². The fourth-order valence-corrected chi connectivity index (χ4v) is 4.11. The molecular formula is C23H31N9O3. The SMILES string of the molecule is CCC(=O)N[C@@H]1CCCN(c2nnc(C(=N)N)c(Nc3ccc(C(=O)N4CCOCC4)cc3)n2)C1. The highest BCUT2D eigenvalue weighted by atomic mass is 16.5. The molecule has 2 saturated heterocycles. The molecule has 0 saturated carbocycles. The molecule has 2 aliphatic rings. The number of carbonyl (C=O) groups excluding carboxylic acids is 2. The molecule has 186 valence electrons. The van der Waals surface area contributed by atoms with Gasteiger partial charge in [0.05, 0.1) is 13.2 Å². The number of anilines is 3. The van der Waals surface area contributed by atoms with E-state index < -0.39 is 0 Å². The molecule has 2 aromatic rings. The molecule has 0 bridgehead atoms. The molecule has 2 amide bonds. The lowest BCUT2D eigenvalue weighted by Gasteiger charge is -2.33. The van der Waals surface area contributed by atoms with Crippen LogP contribution in [0, 0.1) is 5.41 Å². The van der Waals surface area contributed by atoms with Crippen molar-refractivity contribution < 1.29 is 14.3 Å². The zero-order chi connectivity index (χ0) is 24.8. The van der Waals surface area contributed by atoms with Gasteiger partial charge in [0.1, 0.15) is 5.84 Å². The van der Waals surface area contributed by atoms with Gasteiger partial charge in [0.25, 0.3) is 5.91 Å². The lowest BCUT2D eigenvalue weighted by Crippen LogP contribution is -2.48. The van der Waals surface area contributed by atoms with Gasteiger partial charge in [0.2, 0.25) is 11.9 Å². The Morgan fingerprint density at radius 2 is 1.91 bits per heavy atom. The normalized spacial score (nSPS) is 18.1. The van der Waals surface area contributed by atoms with Gasteiger partial charge in [-0.1, -0.05) is 6.92 Å². The topological polar surface area (TPSA) is 162 Å². The number of nitrogen functional groups attached to an aromatic ring is 1. The number of benzene rings is 1. The first-order chi connectivity index (χ1) is 16.9. The number of amidine groups is 1. The quantitative estimate of drug-likeness (QED) is 0.332. The molecule has 12 heteroatoms. The second kappa shape index (κ2) is 11.1. The minimum atomic E-state index is -0.259. The predicted molar refractivity (Wildman–Crippen MR) is 131 cm³/mol. The summed E-state index contributed by atoms with van der Waals surface area (Å²) in [5.41, 5.74) is 7.10. The fraction of sp³-hybridized carbons (Fsp3) is 0.478. The lowest BCUT2D eigenvalue weighted by atomic mass is 10.1. The van der Waals surface area contributed by atoms with Gasteiger partial charge >= 0.3 is 0 Å². The molecule has 2 aliphatic heterocycles. The number of nitrogens with one attached hydrogen (secondary N) is 3. The van der Waals surface area contributed by atoms with Crippen LogP contribution in [0.2, 0.25) is 0 Å². The van der Waals surface area contributed by atoms with Gasteiger partial charge in [-0.05, 0) is 37.1 Å². The van der Waals surface area contributed by atoms with Crippen LogP contribution in [-0.2, 0) is 9.53 Å². The minimum absolute atomic E-state index is 0.0141. The van der Waals surface area contributed by atoms with E-state index in [1.807, 2.05) is 11.8 Å². The Bertz CT molecular complexity index is 1070. The van der Waals surface area contributed by atoms with Crippen LogP contribution in [0.4, 0.5) is 17.5 Å². The summed E-state index contributed by atoms with van der Waals surface area (Å²) in [4.78, 5) is 32.8. The average Bonchev–Trinajstić information content (AvgIpc) is 2.89. The van der Waals surface area contributed by atoms with Crippen molar-refractivity contribution in [1.82, 2.24) is 25.4 Å². The number of hydrogen-bond donors (Lipinski definition) is 4. The smallest absolute Gasteiger partial charge is 0.254 e. The third kappa shape index (κ3) is 6.01. The van der Waals surface area contributed by atoms with Crippen molar-refractivity contribution in [2.45, 2.75) is 32.2 Å². The van der Waals surface area contributed by atoms with Crippen molar-refractivity contribution in [2.24, 2.45) is 5.73 Å². The van der Waals surface area contributed by atoms with Gasteiger partial charge in [-0.3, -0.25) is 15.0 Å². The summed E-state index contributed by atoms with van der Waals surface area (Å²) in [6.07, 6.45) is 2.21. The Labute approximate surface area is 203 Å². The molecule has 0 aliphatic carbocycles. The van der Waals surface area contributed by atoms with Gasteiger partial charge < -0.3 is 30.9 Å². The third-order valence-electron chi connectivity index (χ3n) is 6.01. The van der Waals surface area contributed by atoms with Crippen molar-refractivity contribution in [2.75, 3.05) is 49.6 Å². The van der Waals surface area contributed by atoms with Crippen LogP contribution in [0.1, 0.15) is 42.2 Å². The molecule has 0 radical (unpaired) electrons. The van der Waals surface area contributed by atoms with Crippen molar-refractivity contribution in [3.63, 3.8) is 0 Å². The first-order valence-corrected chi connectivity index (χ1v) is 11.8. The van der Waals surface area contributed by atoms with Crippen molar-refractivity contribution in [3.8, 4) is 0 Å². The number of carbonyl (C=O) groups is 2. The van der Waals surface area contributed by atoms with E-state index in [1.165, 1.54) is 0 Å². The molecule has 3 heterocycles. The Kier molecular flexibility index (Phi) is 7.70. The number of nitrogens with two attached hydrogens (primary N) is 1. The zero-order valence-corrected chi connectivity index (χ0v) is 19.8. The van der Waals surface area contributed by atoms with E-state index in [2.05, 4.69) is 25.8 Å². The standard InChI is InChI=1S/C23H31N9O3/c1-2-18(33)26-17-4-3-9-32(14-17)23-28-21(19(20(24)25)29-30-23)27-16-7-5-15(6-8-16)22(34)31-10-12-35-13-11-31/h5-8,17H,2-4,9-14H2,1H3,(H3,24,25)(H,26,33)(H,27,28,30)/t17-/m1/s1. The van der Waals surface area contributed by atoms with Crippen LogP contribution in [0.25, 0.3) is 0 Å². The molecule has 35 heavy (non-hydrogen) atoms. The maximum Gasteiger partial charge on any atom is 0.254 e. The number of piperidine rings is 1. The fourth-order valence-electron chi connectivity index (χ4n) is 4.11. The van der Waals surface area contributed by atoms with Gasteiger partial charge in [-0.2, -0.15) is 4.98 Å². The average molecular weight is 482 g/mol. The maximum absolute atomic E-state index is 12.7. The van der Waals surface area contributed by atoms with Crippen LogP contribution in [0.5, 0.6) is 0 Å². The Balaban J connectivity index is 1.49. The predicted octanol–water partition coefficient (Wildman–Crippen LogP) is 0.867. The Morgan fingerprint density at radius 1 is 1.17 bits per heavy atom. The highest BCUT2D eigenvalue weighted by Crippen LogP contribution is 2.22. The number of ether oxygens (including phenoxy) is 1. The molecule has 12 nitrogen and oxygen atoms in total. The summed E-state index contributed by atoms with van der Waals surface area (Å²) in [7, 11) is 0. The van der Waals surface area contributed by atoms with E-state index in [1.54, 1.807) is 29.2 Å². The van der Waals surface area contributed by atoms with E-state index in [4.69, 9.17) is 15.9 Å². The first-order valence-electron chi connectivity index (χ1n) is 11.8. The maximum atomic E-state index is 12.7. The van der Waals surface area contributed by atoms with E-state index in [9.17, 15) is 9.59 Å². The van der Waals surface area contributed by atoms with Crippen molar-refractivity contribution >= 4 is 35.1 Å². The molecule has 5 N–H and O–H groups in total.